The Labute approximate surface area is 97.9 Å². The van der Waals surface area contributed by atoms with E-state index >= 15 is 0 Å². The number of amidine groups is 1. The zero-order chi connectivity index (χ0) is 11.1. The van der Waals surface area contributed by atoms with Gasteiger partial charge in [0, 0.05) is 6.54 Å². The van der Waals surface area contributed by atoms with Crippen LogP contribution in [0.5, 0.6) is 0 Å². The van der Waals surface area contributed by atoms with Gasteiger partial charge in [0.2, 0.25) is 0 Å². The van der Waals surface area contributed by atoms with Crippen molar-refractivity contribution in [2.75, 3.05) is 45.0 Å². The van der Waals surface area contributed by atoms with Crippen molar-refractivity contribution in [1.29, 1.82) is 0 Å². The zero-order valence-corrected chi connectivity index (χ0v) is 11.1. The van der Waals surface area contributed by atoms with E-state index in [2.05, 4.69) is 31.1 Å². The maximum absolute atomic E-state index is 4.39. The molecule has 3 nitrogen and oxygen atoms in total. The molecule has 0 unspecified atom stereocenters. The second kappa shape index (κ2) is 6.38. The summed E-state index contributed by atoms with van der Waals surface area (Å²) >= 11 is 1.88. The minimum atomic E-state index is 0.956. The molecule has 0 aromatic heterocycles. The van der Waals surface area contributed by atoms with Crippen LogP contribution in [0.1, 0.15) is 20.8 Å². The van der Waals surface area contributed by atoms with Crippen molar-refractivity contribution in [1.82, 2.24) is 5.32 Å². The third-order valence-electron chi connectivity index (χ3n) is 3.46. The highest BCUT2D eigenvalue weighted by Crippen LogP contribution is 2.11. The average Bonchev–Trinajstić information content (AvgIpc) is 2.78. The van der Waals surface area contributed by atoms with Gasteiger partial charge in [-0.25, -0.2) is 0 Å². The van der Waals surface area contributed by atoms with Gasteiger partial charge in [-0.15, -0.1) is 0 Å². The largest absolute Gasteiger partial charge is 0.363 e. The van der Waals surface area contributed by atoms with Gasteiger partial charge in [-0.05, 0) is 20.8 Å². The first kappa shape index (κ1) is 12.8. The Morgan fingerprint density at radius 1 is 1.27 bits per heavy atom. The fraction of sp³-hybridized carbons (Fsp3) is 0.909. The van der Waals surface area contributed by atoms with Gasteiger partial charge < -0.3 is 9.80 Å². The quantitative estimate of drug-likeness (QED) is 0.700. The van der Waals surface area contributed by atoms with E-state index in [1.165, 1.54) is 36.4 Å². The minimum absolute atomic E-state index is 0.956. The van der Waals surface area contributed by atoms with Crippen molar-refractivity contribution >= 4 is 16.9 Å². The topological polar surface area (TPSA) is 24.4 Å². The summed E-state index contributed by atoms with van der Waals surface area (Å²) in [5, 5.41) is 4.45. The van der Waals surface area contributed by atoms with Crippen molar-refractivity contribution in [3.05, 3.63) is 0 Å². The Hall–Kier alpha value is -0.220. The predicted molar refractivity (Wildman–Crippen MR) is 69.5 cm³/mol. The molecule has 15 heavy (non-hydrogen) atoms. The summed E-state index contributed by atoms with van der Waals surface area (Å²) in [6.45, 7) is 13.9. The summed E-state index contributed by atoms with van der Waals surface area (Å²) in [4.78, 5) is 4.39. The normalized spacial score (nSPS) is 16.3. The molecule has 0 saturated carbocycles. The van der Waals surface area contributed by atoms with Gasteiger partial charge in [-0.3, -0.25) is 4.99 Å². The lowest BCUT2D eigenvalue weighted by molar-refractivity contribution is -0.920. The lowest BCUT2D eigenvalue weighted by Gasteiger charge is -2.35. The van der Waals surface area contributed by atoms with Crippen LogP contribution in [0.25, 0.3) is 0 Å². The van der Waals surface area contributed by atoms with Crippen molar-refractivity contribution in [2.24, 2.45) is 4.99 Å². The van der Waals surface area contributed by atoms with E-state index in [0.29, 0.717) is 0 Å². The minimum Gasteiger partial charge on any atom is -0.363 e. The Bertz CT molecular complexity index is 204. The fourth-order valence-corrected chi connectivity index (χ4v) is 3.01. The number of nitrogens with zero attached hydrogens (tertiary/aromatic N) is 2. The summed E-state index contributed by atoms with van der Waals surface area (Å²) in [6, 6.07) is 0. The summed E-state index contributed by atoms with van der Waals surface area (Å²) < 4.78 is 1.24. The second-order valence-corrected chi connectivity index (χ2v) is 5.06. The molecule has 0 fully saturated rings. The molecule has 0 radical (unpaired) electrons. The number of quaternary nitrogens is 1. The highest BCUT2D eigenvalue weighted by molar-refractivity contribution is 8.13. The molecule has 0 spiro atoms. The Morgan fingerprint density at radius 2 is 1.93 bits per heavy atom. The van der Waals surface area contributed by atoms with Gasteiger partial charge in [-0.2, -0.15) is 0 Å². The SMILES string of the molecule is CC[N+](CC)(CC)CCSC1=NCCN1. The predicted octanol–water partition coefficient (Wildman–Crippen LogP) is 1.56. The number of hydrogen-bond acceptors (Lipinski definition) is 3. The number of nitrogens with one attached hydrogen (secondary N) is 1. The molecule has 0 aromatic carbocycles. The summed E-state index contributed by atoms with van der Waals surface area (Å²) in [5.41, 5.74) is 0. The Morgan fingerprint density at radius 3 is 2.40 bits per heavy atom. The Balaban J connectivity index is 2.27. The molecule has 1 N–H and O–H groups in total. The van der Waals surface area contributed by atoms with Gasteiger partial charge in [-0.1, -0.05) is 11.8 Å². The maximum Gasteiger partial charge on any atom is 0.156 e. The number of thioether (sulfide) groups is 1. The van der Waals surface area contributed by atoms with Crippen LogP contribution in [0.15, 0.2) is 4.99 Å². The highest BCUT2D eigenvalue weighted by Gasteiger charge is 2.20. The number of aliphatic imine (C=N–C) groups is 1. The van der Waals surface area contributed by atoms with Crippen LogP contribution < -0.4 is 5.32 Å². The van der Waals surface area contributed by atoms with E-state index in [1.807, 2.05) is 11.8 Å². The molecule has 4 heteroatoms. The summed E-state index contributed by atoms with van der Waals surface area (Å²) in [5.74, 6) is 1.18. The molecule has 0 aliphatic carbocycles. The van der Waals surface area contributed by atoms with Crippen molar-refractivity contribution in [3.8, 4) is 0 Å². The van der Waals surface area contributed by atoms with E-state index in [0.717, 1.165) is 18.3 Å². The van der Waals surface area contributed by atoms with Crippen LogP contribution in [0.4, 0.5) is 0 Å². The first-order valence-electron chi connectivity index (χ1n) is 6.02. The molecule has 1 heterocycles. The molecule has 0 saturated heterocycles. The van der Waals surface area contributed by atoms with Crippen molar-refractivity contribution in [3.63, 3.8) is 0 Å². The standard InChI is InChI=1S/C11H24N3S/c1-4-14(5-2,6-3)9-10-15-11-12-7-8-13-11/h4-10H2,1-3H3,(H,12,13)/q+1. The molecule has 88 valence electrons. The first-order chi connectivity index (χ1) is 7.26. The van der Waals surface area contributed by atoms with Crippen LogP contribution in [-0.4, -0.2) is 54.7 Å². The number of hydrogen-bond donors (Lipinski definition) is 1. The lowest BCUT2D eigenvalue weighted by Crippen LogP contribution is -2.49. The van der Waals surface area contributed by atoms with Gasteiger partial charge in [0.15, 0.2) is 5.17 Å². The summed E-state index contributed by atoms with van der Waals surface area (Å²) in [7, 11) is 0. The molecule has 0 aromatic rings. The molecular weight excluding hydrogens is 206 g/mol. The van der Waals surface area contributed by atoms with Crippen molar-refractivity contribution < 1.29 is 4.48 Å². The average molecular weight is 230 g/mol. The molecule has 1 rings (SSSR count). The zero-order valence-electron chi connectivity index (χ0n) is 10.3. The molecule has 0 bridgehead atoms. The van der Waals surface area contributed by atoms with Gasteiger partial charge in [0.05, 0.1) is 38.5 Å². The third-order valence-corrected chi connectivity index (χ3v) is 4.39. The Kier molecular flexibility index (Phi) is 5.47. The van der Waals surface area contributed by atoms with Crippen molar-refractivity contribution in [2.45, 2.75) is 20.8 Å². The van der Waals surface area contributed by atoms with Crippen LogP contribution in [0, 0.1) is 0 Å². The van der Waals surface area contributed by atoms with Gasteiger partial charge in [0.25, 0.3) is 0 Å². The lowest BCUT2D eigenvalue weighted by atomic mass is 10.3. The molecule has 1 aliphatic heterocycles. The third kappa shape index (κ3) is 3.68. The monoisotopic (exact) mass is 230 g/mol. The van der Waals surface area contributed by atoms with Gasteiger partial charge >= 0.3 is 0 Å². The summed E-state index contributed by atoms with van der Waals surface area (Å²) in [6.07, 6.45) is 0. The van der Waals surface area contributed by atoms with E-state index in [9.17, 15) is 0 Å². The molecule has 0 atom stereocenters. The van der Waals surface area contributed by atoms with E-state index < -0.39 is 0 Å². The maximum atomic E-state index is 4.39. The molecular formula is C11H24N3S+. The molecule has 0 amide bonds. The fourth-order valence-electron chi connectivity index (χ4n) is 1.95. The van der Waals surface area contributed by atoms with Gasteiger partial charge in [0.1, 0.15) is 0 Å². The van der Waals surface area contributed by atoms with Crippen LogP contribution in [0.2, 0.25) is 0 Å². The first-order valence-corrected chi connectivity index (χ1v) is 7.01. The van der Waals surface area contributed by atoms with E-state index in [4.69, 9.17) is 0 Å². The molecule has 1 aliphatic rings. The van der Waals surface area contributed by atoms with E-state index in [1.54, 1.807) is 0 Å². The van der Waals surface area contributed by atoms with Crippen LogP contribution >= 0.6 is 11.8 Å². The number of rotatable bonds is 6. The van der Waals surface area contributed by atoms with Crippen LogP contribution in [0.3, 0.4) is 0 Å². The van der Waals surface area contributed by atoms with Crippen LogP contribution in [-0.2, 0) is 0 Å². The smallest absolute Gasteiger partial charge is 0.156 e. The second-order valence-electron chi connectivity index (χ2n) is 3.98. The van der Waals surface area contributed by atoms with E-state index in [-0.39, 0.29) is 0 Å². The highest BCUT2D eigenvalue weighted by atomic mass is 32.2.